The van der Waals surface area contributed by atoms with Crippen LogP contribution in [0.4, 0.5) is 0 Å². The molecule has 0 spiro atoms. The molecule has 2 heterocycles. The molecule has 3 rings (SSSR count). The Morgan fingerprint density at radius 1 is 1.05 bits per heavy atom. The lowest BCUT2D eigenvalue weighted by Crippen LogP contribution is -2.12. The molecular formula is C18H22O4. The van der Waals surface area contributed by atoms with Gasteiger partial charge in [-0.2, -0.15) is 0 Å². The Labute approximate surface area is 131 Å². The standard InChI is InChI=1S/C18H22O4/c1-2-18(14-6-4-3-5-7-14)15(8-19-10-16-12-21-16)9-20-11-17-13-22-17/h2-7,16-17H,1,8-13H2. The van der Waals surface area contributed by atoms with Crippen LogP contribution in [0.2, 0.25) is 0 Å². The van der Waals surface area contributed by atoms with Crippen LogP contribution in [0.1, 0.15) is 5.56 Å². The second-order valence-electron chi connectivity index (χ2n) is 5.53. The van der Waals surface area contributed by atoms with Crippen LogP contribution in [0.5, 0.6) is 0 Å². The summed E-state index contributed by atoms with van der Waals surface area (Å²) in [6.45, 7) is 7.89. The molecule has 2 unspecified atom stereocenters. The van der Waals surface area contributed by atoms with E-state index in [0.717, 1.165) is 29.9 Å². The maximum Gasteiger partial charge on any atom is 0.104 e. The van der Waals surface area contributed by atoms with Crippen molar-refractivity contribution in [2.45, 2.75) is 12.2 Å². The van der Waals surface area contributed by atoms with E-state index in [1.54, 1.807) is 0 Å². The van der Waals surface area contributed by atoms with Crippen molar-refractivity contribution in [3.8, 4) is 0 Å². The zero-order valence-corrected chi connectivity index (χ0v) is 12.7. The van der Waals surface area contributed by atoms with E-state index in [4.69, 9.17) is 18.9 Å². The molecule has 0 N–H and O–H groups in total. The highest BCUT2D eigenvalue weighted by Crippen LogP contribution is 2.21. The number of allylic oxidation sites excluding steroid dienone is 2. The molecule has 0 saturated carbocycles. The van der Waals surface area contributed by atoms with Crippen LogP contribution in [0, 0.1) is 0 Å². The Morgan fingerprint density at radius 2 is 1.59 bits per heavy atom. The summed E-state index contributed by atoms with van der Waals surface area (Å²) in [7, 11) is 0. The van der Waals surface area contributed by atoms with Crippen LogP contribution in [-0.4, -0.2) is 51.8 Å². The minimum atomic E-state index is 0.269. The van der Waals surface area contributed by atoms with Crippen LogP contribution >= 0.6 is 0 Å². The Bertz CT molecular complexity index is 495. The van der Waals surface area contributed by atoms with Gasteiger partial charge in [-0.1, -0.05) is 43.0 Å². The van der Waals surface area contributed by atoms with Gasteiger partial charge in [0.1, 0.15) is 12.2 Å². The van der Waals surface area contributed by atoms with Gasteiger partial charge >= 0.3 is 0 Å². The van der Waals surface area contributed by atoms with E-state index in [-0.39, 0.29) is 12.2 Å². The maximum absolute atomic E-state index is 5.76. The van der Waals surface area contributed by atoms with Gasteiger partial charge in [0.05, 0.1) is 39.6 Å². The lowest BCUT2D eigenvalue weighted by molar-refractivity contribution is 0.103. The van der Waals surface area contributed by atoms with Crippen molar-refractivity contribution in [1.82, 2.24) is 0 Å². The van der Waals surface area contributed by atoms with Gasteiger partial charge < -0.3 is 18.9 Å². The second kappa shape index (κ2) is 7.70. The van der Waals surface area contributed by atoms with Crippen molar-refractivity contribution >= 4 is 5.57 Å². The van der Waals surface area contributed by atoms with Gasteiger partial charge in [0.2, 0.25) is 0 Å². The van der Waals surface area contributed by atoms with Crippen LogP contribution in [0.25, 0.3) is 5.57 Å². The lowest BCUT2D eigenvalue weighted by atomic mass is 10.0. The van der Waals surface area contributed by atoms with Crippen molar-refractivity contribution in [3.63, 3.8) is 0 Å². The molecule has 0 amide bonds. The number of hydrogen-bond acceptors (Lipinski definition) is 4. The summed E-state index contributed by atoms with van der Waals surface area (Å²) in [6, 6.07) is 10.2. The lowest BCUT2D eigenvalue weighted by Gasteiger charge is -2.14. The molecule has 0 bridgehead atoms. The predicted octanol–water partition coefficient (Wildman–Crippen LogP) is 2.46. The van der Waals surface area contributed by atoms with Crippen molar-refractivity contribution < 1.29 is 18.9 Å². The van der Waals surface area contributed by atoms with Gasteiger partial charge in [0, 0.05) is 0 Å². The highest BCUT2D eigenvalue weighted by molar-refractivity contribution is 5.76. The Kier molecular flexibility index (Phi) is 5.40. The fourth-order valence-corrected chi connectivity index (χ4v) is 2.24. The van der Waals surface area contributed by atoms with E-state index < -0.39 is 0 Å². The summed E-state index contributed by atoms with van der Waals surface area (Å²) in [4.78, 5) is 0. The molecule has 2 aliphatic rings. The van der Waals surface area contributed by atoms with E-state index in [9.17, 15) is 0 Å². The number of epoxide rings is 2. The molecule has 1 aromatic rings. The number of hydrogen-bond donors (Lipinski definition) is 0. The summed E-state index contributed by atoms with van der Waals surface area (Å²) >= 11 is 0. The molecular weight excluding hydrogens is 280 g/mol. The molecule has 0 aromatic heterocycles. The first-order valence-corrected chi connectivity index (χ1v) is 7.65. The van der Waals surface area contributed by atoms with Gasteiger partial charge in [-0.15, -0.1) is 0 Å². The van der Waals surface area contributed by atoms with Crippen molar-refractivity contribution in [3.05, 3.63) is 54.1 Å². The van der Waals surface area contributed by atoms with E-state index in [0.29, 0.717) is 26.4 Å². The molecule has 2 aliphatic heterocycles. The van der Waals surface area contributed by atoms with Crippen molar-refractivity contribution in [2.24, 2.45) is 0 Å². The van der Waals surface area contributed by atoms with Gasteiger partial charge in [0.25, 0.3) is 0 Å². The summed E-state index contributed by atoms with van der Waals surface area (Å²) in [5, 5.41) is 0. The SMILES string of the molecule is C=CC(=C(COCC1CO1)COCC1CO1)c1ccccc1. The predicted molar refractivity (Wildman–Crippen MR) is 84.7 cm³/mol. The number of rotatable bonds is 10. The highest BCUT2D eigenvalue weighted by atomic mass is 16.6. The number of benzene rings is 1. The van der Waals surface area contributed by atoms with Gasteiger partial charge in [-0.3, -0.25) is 0 Å². The quantitative estimate of drug-likeness (QED) is 0.492. The Morgan fingerprint density at radius 3 is 2.05 bits per heavy atom. The number of ether oxygens (including phenoxy) is 4. The van der Waals surface area contributed by atoms with Crippen molar-refractivity contribution in [1.29, 1.82) is 0 Å². The fourth-order valence-electron chi connectivity index (χ4n) is 2.24. The first-order chi connectivity index (χ1) is 10.9. The second-order valence-corrected chi connectivity index (χ2v) is 5.53. The average molecular weight is 302 g/mol. The summed E-state index contributed by atoms with van der Waals surface area (Å²) in [5.74, 6) is 0. The molecule has 0 aliphatic carbocycles. The highest BCUT2D eigenvalue weighted by Gasteiger charge is 2.24. The smallest absolute Gasteiger partial charge is 0.104 e. The monoisotopic (exact) mass is 302 g/mol. The van der Waals surface area contributed by atoms with Gasteiger partial charge in [-0.25, -0.2) is 0 Å². The average Bonchev–Trinajstić information content (AvgIpc) is 3.44. The van der Waals surface area contributed by atoms with Crippen LogP contribution in [0.3, 0.4) is 0 Å². The first-order valence-electron chi connectivity index (χ1n) is 7.65. The normalized spacial score (nSPS) is 22.2. The molecule has 2 fully saturated rings. The molecule has 22 heavy (non-hydrogen) atoms. The molecule has 118 valence electrons. The summed E-state index contributed by atoms with van der Waals surface area (Å²) in [5.41, 5.74) is 3.31. The minimum Gasteiger partial charge on any atom is -0.374 e. The molecule has 2 atom stereocenters. The van der Waals surface area contributed by atoms with Crippen LogP contribution < -0.4 is 0 Å². The summed E-state index contributed by atoms with van der Waals surface area (Å²) < 4.78 is 21.9. The maximum atomic E-state index is 5.76. The van der Waals surface area contributed by atoms with Crippen LogP contribution in [0.15, 0.2) is 48.6 Å². The van der Waals surface area contributed by atoms with E-state index in [1.165, 1.54) is 0 Å². The third-order valence-electron chi connectivity index (χ3n) is 3.63. The van der Waals surface area contributed by atoms with E-state index in [1.807, 2.05) is 24.3 Å². The molecule has 0 radical (unpaired) electrons. The largest absolute Gasteiger partial charge is 0.374 e. The topological polar surface area (TPSA) is 43.5 Å². The third-order valence-corrected chi connectivity index (χ3v) is 3.63. The Hall–Kier alpha value is -1.46. The molecule has 4 heteroatoms. The zero-order chi connectivity index (χ0) is 15.2. The van der Waals surface area contributed by atoms with Gasteiger partial charge in [-0.05, 0) is 16.7 Å². The fraction of sp³-hybridized carbons (Fsp3) is 0.444. The van der Waals surface area contributed by atoms with E-state index in [2.05, 4.69) is 18.7 Å². The minimum absolute atomic E-state index is 0.269. The molecule has 4 nitrogen and oxygen atoms in total. The molecule has 1 aromatic carbocycles. The third kappa shape index (κ3) is 4.78. The zero-order valence-electron chi connectivity index (χ0n) is 12.7. The first kappa shape index (κ1) is 15.4. The van der Waals surface area contributed by atoms with Crippen LogP contribution in [-0.2, 0) is 18.9 Å². The van der Waals surface area contributed by atoms with Gasteiger partial charge in [0.15, 0.2) is 0 Å². The molecule has 2 saturated heterocycles. The van der Waals surface area contributed by atoms with Crippen molar-refractivity contribution in [2.75, 3.05) is 39.6 Å². The van der Waals surface area contributed by atoms with E-state index >= 15 is 0 Å². The Balaban J connectivity index is 1.66. The summed E-state index contributed by atoms with van der Waals surface area (Å²) in [6.07, 6.45) is 2.41.